The molecule has 10 heteroatoms. The van der Waals surface area contributed by atoms with E-state index >= 15 is 0 Å². The molecular weight excluding hydrogens is 491 g/mol. The zero-order chi connectivity index (χ0) is 22.7. The van der Waals surface area contributed by atoms with E-state index in [1.54, 1.807) is 12.1 Å². The predicted octanol–water partition coefficient (Wildman–Crippen LogP) is 2.64. The molecule has 3 aliphatic rings. The summed E-state index contributed by atoms with van der Waals surface area (Å²) in [6, 6.07) is 13.8. The van der Waals surface area contributed by atoms with E-state index in [4.69, 9.17) is 23.2 Å². The van der Waals surface area contributed by atoms with Gasteiger partial charge in [-0.25, -0.2) is 16.8 Å². The maximum atomic E-state index is 12.7. The second kappa shape index (κ2) is 8.25. The molecule has 3 heterocycles. The largest absolute Gasteiger partial charge is 0.288 e. The average molecular weight is 515 g/mol. The fourth-order valence-electron chi connectivity index (χ4n) is 5.54. The summed E-state index contributed by atoms with van der Waals surface area (Å²) < 4.78 is 50.9. The molecule has 6 nitrogen and oxygen atoms in total. The molecule has 3 aliphatic heterocycles. The van der Waals surface area contributed by atoms with Gasteiger partial charge in [-0.05, 0) is 35.4 Å². The number of halogens is 2. The lowest BCUT2D eigenvalue weighted by Gasteiger charge is -2.51. The van der Waals surface area contributed by atoms with E-state index in [1.807, 2.05) is 36.4 Å². The van der Waals surface area contributed by atoms with Crippen molar-refractivity contribution in [2.75, 3.05) is 23.0 Å². The quantitative estimate of drug-likeness (QED) is 0.624. The summed E-state index contributed by atoms with van der Waals surface area (Å²) in [4.78, 5) is 4.23. The number of fused-ring (bicyclic) bond motifs is 2. The molecule has 4 atom stereocenters. The maximum Gasteiger partial charge on any atom is 0.153 e. The van der Waals surface area contributed by atoms with E-state index in [1.165, 1.54) is 0 Å². The highest BCUT2D eigenvalue weighted by Crippen LogP contribution is 2.39. The van der Waals surface area contributed by atoms with Gasteiger partial charge in [-0.1, -0.05) is 47.5 Å². The van der Waals surface area contributed by atoms with Crippen LogP contribution >= 0.6 is 23.2 Å². The molecule has 0 N–H and O–H groups in total. The smallest absolute Gasteiger partial charge is 0.153 e. The summed E-state index contributed by atoms with van der Waals surface area (Å²) in [6.07, 6.45) is 0. The topological polar surface area (TPSA) is 74.8 Å². The lowest BCUT2D eigenvalue weighted by molar-refractivity contribution is -0.0341. The van der Waals surface area contributed by atoms with Crippen LogP contribution in [-0.2, 0) is 32.8 Å². The van der Waals surface area contributed by atoms with E-state index in [9.17, 15) is 16.8 Å². The Bertz CT molecular complexity index is 1120. The van der Waals surface area contributed by atoms with Crippen LogP contribution in [0, 0.1) is 0 Å². The van der Waals surface area contributed by atoms with E-state index in [0.717, 1.165) is 11.1 Å². The molecule has 2 aromatic carbocycles. The first-order chi connectivity index (χ1) is 15.1. The van der Waals surface area contributed by atoms with Crippen LogP contribution in [0.5, 0.6) is 0 Å². The van der Waals surface area contributed by atoms with Gasteiger partial charge in [0.25, 0.3) is 0 Å². The maximum absolute atomic E-state index is 12.7. The number of rotatable bonds is 4. The normalized spacial score (nSPS) is 31.3. The Labute approximate surface area is 198 Å². The van der Waals surface area contributed by atoms with Crippen molar-refractivity contribution in [3.05, 3.63) is 69.7 Å². The van der Waals surface area contributed by atoms with Gasteiger partial charge in [0, 0.05) is 47.3 Å². The molecule has 0 aromatic heterocycles. The lowest BCUT2D eigenvalue weighted by Crippen LogP contribution is -2.67. The number of hydrogen-bond acceptors (Lipinski definition) is 6. The van der Waals surface area contributed by atoms with Crippen molar-refractivity contribution in [3.8, 4) is 0 Å². The zero-order valence-corrected chi connectivity index (χ0v) is 20.4. The highest BCUT2D eigenvalue weighted by atomic mass is 35.5. The molecule has 0 saturated carbocycles. The molecule has 3 fully saturated rings. The highest BCUT2D eigenvalue weighted by Gasteiger charge is 2.57. The molecule has 0 unspecified atom stereocenters. The number of benzene rings is 2. The predicted molar refractivity (Wildman–Crippen MR) is 126 cm³/mol. The Morgan fingerprint density at radius 2 is 1.00 bits per heavy atom. The summed E-state index contributed by atoms with van der Waals surface area (Å²) in [5, 5.41) is 1.21. The van der Waals surface area contributed by atoms with Crippen molar-refractivity contribution in [1.82, 2.24) is 9.80 Å². The molecule has 5 rings (SSSR count). The third-order valence-electron chi connectivity index (χ3n) is 6.80. The Morgan fingerprint density at radius 1 is 0.656 bits per heavy atom. The van der Waals surface area contributed by atoms with Crippen LogP contribution < -0.4 is 0 Å². The van der Waals surface area contributed by atoms with E-state index in [0.29, 0.717) is 23.1 Å². The SMILES string of the molecule is O=S1(=O)C[C@@H]2[C@H](C1)N(Cc1cccc(Cl)c1)[C@H]1CS(=O)(=O)C[C@H]1N2Cc1cccc(Cl)c1. The standard InChI is InChI=1S/C22H24Cl2N2O4S2/c23-17-5-1-3-15(7-17)9-25-19-11-31(27,28)13-21(19)26(10-16-4-2-6-18(24)8-16)22-14-32(29,30)12-20(22)25/h1-8,19-22H,9-14H2/t19-,20-,21+,22+. The summed E-state index contributed by atoms with van der Waals surface area (Å²) >= 11 is 12.3. The second-order valence-corrected chi connectivity index (χ2v) is 14.2. The second-order valence-electron chi connectivity index (χ2n) is 9.03. The van der Waals surface area contributed by atoms with Crippen LogP contribution in [-0.4, -0.2) is 73.8 Å². The van der Waals surface area contributed by atoms with Gasteiger partial charge in [-0.15, -0.1) is 0 Å². The highest BCUT2D eigenvalue weighted by molar-refractivity contribution is 7.92. The van der Waals surface area contributed by atoms with Gasteiger partial charge in [0.15, 0.2) is 19.7 Å². The third kappa shape index (κ3) is 4.45. The molecule has 0 amide bonds. The Kier molecular flexibility index (Phi) is 5.83. The molecule has 3 saturated heterocycles. The van der Waals surface area contributed by atoms with Crippen LogP contribution in [0.3, 0.4) is 0 Å². The van der Waals surface area contributed by atoms with Crippen LogP contribution in [0.1, 0.15) is 11.1 Å². The molecule has 0 bridgehead atoms. The van der Waals surface area contributed by atoms with Gasteiger partial charge in [0.05, 0.1) is 23.0 Å². The minimum atomic E-state index is -3.24. The lowest BCUT2D eigenvalue weighted by atomic mass is 9.93. The molecule has 0 spiro atoms. The van der Waals surface area contributed by atoms with Crippen LogP contribution in [0.4, 0.5) is 0 Å². The average Bonchev–Trinajstić information content (AvgIpc) is 3.19. The number of piperazine rings is 1. The molecule has 0 radical (unpaired) electrons. The number of nitrogens with zero attached hydrogens (tertiary/aromatic N) is 2. The molecule has 0 aliphatic carbocycles. The van der Waals surface area contributed by atoms with Crippen LogP contribution in [0.15, 0.2) is 48.5 Å². The Hall–Kier alpha value is -1.16. The van der Waals surface area contributed by atoms with Crippen molar-refractivity contribution in [1.29, 1.82) is 0 Å². The van der Waals surface area contributed by atoms with Crippen molar-refractivity contribution in [2.45, 2.75) is 37.3 Å². The van der Waals surface area contributed by atoms with E-state index in [2.05, 4.69) is 9.80 Å². The minimum absolute atomic E-state index is 0.0353. The monoisotopic (exact) mass is 514 g/mol. The molecule has 32 heavy (non-hydrogen) atoms. The van der Waals surface area contributed by atoms with Crippen LogP contribution in [0.2, 0.25) is 10.0 Å². The molecular formula is C22H24Cl2N2O4S2. The Balaban J connectivity index is 1.54. The fourth-order valence-corrected chi connectivity index (χ4v) is 9.98. The van der Waals surface area contributed by atoms with Gasteiger partial charge in [-0.2, -0.15) is 0 Å². The molecule has 2 aromatic rings. The summed E-state index contributed by atoms with van der Waals surface area (Å²) in [7, 11) is -6.48. The van der Waals surface area contributed by atoms with Gasteiger partial charge >= 0.3 is 0 Å². The van der Waals surface area contributed by atoms with Gasteiger partial charge in [0.1, 0.15) is 0 Å². The van der Waals surface area contributed by atoms with Gasteiger partial charge in [-0.3, -0.25) is 9.80 Å². The number of hydrogen-bond donors (Lipinski definition) is 0. The minimum Gasteiger partial charge on any atom is -0.288 e. The van der Waals surface area contributed by atoms with Crippen molar-refractivity contribution in [2.24, 2.45) is 0 Å². The van der Waals surface area contributed by atoms with Crippen molar-refractivity contribution >= 4 is 42.9 Å². The van der Waals surface area contributed by atoms with E-state index < -0.39 is 19.7 Å². The summed E-state index contributed by atoms with van der Waals surface area (Å²) in [6.45, 7) is 0.942. The van der Waals surface area contributed by atoms with Crippen LogP contribution in [0.25, 0.3) is 0 Å². The Morgan fingerprint density at radius 3 is 1.31 bits per heavy atom. The van der Waals surface area contributed by atoms with Gasteiger partial charge in [0.2, 0.25) is 0 Å². The van der Waals surface area contributed by atoms with E-state index in [-0.39, 0.29) is 47.2 Å². The van der Waals surface area contributed by atoms with Gasteiger partial charge < -0.3 is 0 Å². The zero-order valence-electron chi connectivity index (χ0n) is 17.3. The first-order valence-corrected chi connectivity index (χ1v) is 14.9. The summed E-state index contributed by atoms with van der Waals surface area (Å²) in [5.41, 5.74) is 1.90. The van der Waals surface area contributed by atoms with Crippen molar-refractivity contribution in [3.63, 3.8) is 0 Å². The molecule has 172 valence electrons. The summed E-state index contributed by atoms with van der Waals surface area (Å²) in [5.74, 6) is 0.141. The first kappa shape index (κ1) is 22.6. The fraction of sp³-hybridized carbons (Fsp3) is 0.455. The number of sulfone groups is 2. The van der Waals surface area contributed by atoms with Crippen molar-refractivity contribution < 1.29 is 16.8 Å². The third-order valence-corrected chi connectivity index (χ3v) is 10.7. The first-order valence-electron chi connectivity index (χ1n) is 10.5.